The number of carboxylic acid groups (broad SMARTS) is 1. The molecule has 1 N–H and O–H groups in total. The predicted molar refractivity (Wildman–Crippen MR) is 75.5 cm³/mol. The third-order valence-corrected chi connectivity index (χ3v) is 3.71. The topological polar surface area (TPSA) is 79.5 Å². The van der Waals surface area contributed by atoms with Gasteiger partial charge in [-0.05, 0) is 32.0 Å². The van der Waals surface area contributed by atoms with Crippen molar-refractivity contribution in [3.05, 3.63) is 35.7 Å². The maximum atomic E-state index is 10.9. The molecule has 1 fully saturated rings. The average Bonchev–Trinajstić information content (AvgIpc) is 3.08. The molecule has 0 aliphatic carbocycles. The lowest BCUT2D eigenvalue weighted by Gasteiger charge is -2.11. The molecule has 2 aromatic rings. The van der Waals surface area contributed by atoms with Crippen LogP contribution in [0.4, 0.5) is 0 Å². The summed E-state index contributed by atoms with van der Waals surface area (Å²) < 4.78 is 5.67. The molecule has 1 aromatic heterocycles. The van der Waals surface area contributed by atoms with Crippen molar-refractivity contribution in [3.8, 4) is 11.5 Å². The highest BCUT2D eigenvalue weighted by atomic mass is 16.4. The minimum atomic E-state index is -0.733. The molecule has 6 nitrogen and oxygen atoms in total. The van der Waals surface area contributed by atoms with Gasteiger partial charge in [0.15, 0.2) is 0 Å². The molecule has 0 amide bonds. The summed E-state index contributed by atoms with van der Waals surface area (Å²) in [7, 11) is 0. The number of benzene rings is 1. The van der Waals surface area contributed by atoms with Crippen molar-refractivity contribution in [2.45, 2.75) is 19.9 Å². The van der Waals surface area contributed by atoms with Crippen LogP contribution >= 0.6 is 0 Å². The Balaban J connectivity index is 1.67. The number of aromatic nitrogens is 2. The van der Waals surface area contributed by atoms with Gasteiger partial charge in [0.1, 0.15) is 0 Å². The van der Waals surface area contributed by atoms with E-state index >= 15 is 0 Å². The van der Waals surface area contributed by atoms with Crippen LogP contribution in [0.5, 0.6) is 0 Å². The maximum absolute atomic E-state index is 10.9. The van der Waals surface area contributed by atoms with Crippen molar-refractivity contribution in [3.63, 3.8) is 0 Å². The van der Waals surface area contributed by atoms with Gasteiger partial charge < -0.3 is 9.52 Å². The van der Waals surface area contributed by atoms with E-state index in [-0.39, 0.29) is 5.92 Å². The van der Waals surface area contributed by atoms with Crippen LogP contribution in [0.25, 0.3) is 11.5 Å². The first-order chi connectivity index (χ1) is 10.1. The first kappa shape index (κ1) is 13.8. The molecule has 1 aliphatic rings. The normalized spacial score (nSPS) is 19.0. The molecule has 0 saturated carbocycles. The van der Waals surface area contributed by atoms with Crippen LogP contribution in [0.1, 0.15) is 17.9 Å². The Bertz CT molecular complexity index is 653. The van der Waals surface area contributed by atoms with Gasteiger partial charge in [-0.1, -0.05) is 17.7 Å². The summed E-state index contributed by atoms with van der Waals surface area (Å²) in [6.07, 6.45) is 0.675. The second-order valence-electron chi connectivity index (χ2n) is 5.43. The summed E-state index contributed by atoms with van der Waals surface area (Å²) in [6.45, 7) is 3.80. The molecule has 21 heavy (non-hydrogen) atoms. The summed E-state index contributed by atoms with van der Waals surface area (Å²) >= 11 is 0. The van der Waals surface area contributed by atoms with Gasteiger partial charge >= 0.3 is 5.97 Å². The molecule has 1 aromatic carbocycles. The molecule has 1 saturated heterocycles. The highest BCUT2D eigenvalue weighted by Crippen LogP contribution is 2.22. The standard InChI is InChI=1S/C15H17N3O3/c1-10-3-2-4-11(7-10)14-17-16-13(21-14)9-18-6-5-12(8-18)15(19)20/h2-4,7,12H,5-6,8-9H2,1H3,(H,19,20). The molecule has 0 spiro atoms. The lowest BCUT2D eigenvalue weighted by atomic mass is 10.1. The second kappa shape index (κ2) is 5.65. The predicted octanol–water partition coefficient (Wildman–Crippen LogP) is 1.95. The van der Waals surface area contributed by atoms with Crippen molar-refractivity contribution in [2.24, 2.45) is 5.92 Å². The molecule has 0 radical (unpaired) electrons. The van der Waals surface area contributed by atoms with Crippen molar-refractivity contribution < 1.29 is 14.3 Å². The van der Waals surface area contributed by atoms with Gasteiger partial charge in [-0.25, -0.2) is 0 Å². The van der Waals surface area contributed by atoms with E-state index in [0.717, 1.165) is 17.7 Å². The smallest absolute Gasteiger partial charge is 0.307 e. The van der Waals surface area contributed by atoms with E-state index in [9.17, 15) is 4.79 Å². The molecule has 1 unspecified atom stereocenters. The summed E-state index contributed by atoms with van der Waals surface area (Å²) in [5, 5.41) is 17.1. The van der Waals surface area contributed by atoms with Gasteiger partial charge in [0.2, 0.25) is 11.8 Å². The number of likely N-dealkylation sites (tertiary alicyclic amines) is 1. The maximum Gasteiger partial charge on any atom is 0.307 e. The van der Waals surface area contributed by atoms with Crippen LogP contribution in [0.15, 0.2) is 28.7 Å². The summed E-state index contributed by atoms with van der Waals surface area (Å²) in [4.78, 5) is 13.0. The number of carbonyl (C=O) groups is 1. The third kappa shape index (κ3) is 3.11. The van der Waals surface area contributed by atoms with Crippen LogP contribution in [-0.2, 0) is 11.3 Å². The lowest BCUT2D eigenvalue weighted by Crippen LogP contribution is -2.22. The van der Waals surface area contributed by atoms with E-state index < -0.39 is 5.97 Å². The molecule has 1 aliphatic heterocycles. The summed E-state index contributed by atoms with van der Waals surface area (Å²) in [5.74, 6) is 0.00729. The molecule has 2 heterocycles. The minimum absolute atomic E-state index is 0.288. The van der Waals surface area contributed by atoms with E-state index in [1.165, 1.54) is 0 Å². The molecule has 110 valence electrons. The van der Waals surface area contributed by atoms with Crippen LogP contribution in [-0.4, -0.2) is 39.3 Å². The van der Waals surface area contributed by atoms with Gasteiger partial charge in [0.05, 0.1) is 12.5 Å². The van der Waals surface area contributed by atoms with Crippen LogP contribution < -0.4 is 0 Å². The van der Waals surface area contributed by atoms with E-state index in [4.69, 9.17) is 9.52 Å². The van der Waals surface area contributed by atoms with E-state index in [1.54, 1.807) is 0 Å². The summed E-state index contributed by atoms with van der Waals surface area (Å²) in [5.41, 5.74) is 2.04. The average molecular weight is 287 g/mol. The largest absolute Gasteiger partial charge is 0.481 e. The highest BCUT2D eigenvalue weighted by Gasteiger charge is 2.28. The van der Waals surface area contributed by atoms with Crippen molar-refractivity contribution >= 4 is 5.97 Å². The molecule has 3 rings (SSSR count). The monoisotopic (exact) mass is 287 g/mol. The SMILES string of the molecule is Cc1cccc(-c2nnc(CN3CCC(C(=O)O)C3)o2)c1. The number of aryl methyl sites for hydroxylation is 1. The number of hydrogen-bond acceptors (Lipinski definition) is 5. The van der Waals surface area contributed by atoms with Gasteiger partial charge in [0.25, 0.3) is 0 Å². The van der Waals surface area contributed by atoms with E-state index in [0.29, 0.717) is 31.3 Å². The van der Waals surface area contributed by atoms with Crippen LogP contribution in [0, 0.1) is 12.8 Å². The molecule has 1 atom stereocenters. The number of aliphatic carboxylic acids is 1. The van der Waals surface area contributed by atoms with Crippen LogP contribution in [0.2, 0.25) is 0 Å². The molecular formula is C15H17N3O3. The lowest BCUT2D eigenvalue weighted by molar-refractivity contribution is -0.141. The highest BCUT2D eigenvalue weighted by molar-refractivity contribution is 5.70. The van der Waals surface area contributed by atoms with Crippen molar-refractivity contribution in [1.29, 1.82) is 0 Å². The van der Waals surface area contributed by atoms with E-state index in [2.05, 4.69) is 10.2 Å². The summed E-state index contributed by atoms with van der Waals surface area (Å²) in [6, 6.07) is 7.89. The quantitative estimate of drug-likeness (QED) is 0.926. The number of hydrogen-bond donors (Lipinski definition) is 1. The fourth-order valence-electron chi connectivity index (χ4n) is 2.58. The fraction of sp³-hybridized carbons (Fsp3) is 0.400. The molecular weight excluding hydrogens is 270 g/mol. The molecule has 6 heteroatoms. The first-order valence-corrected chi connectivity index (χ1v) is 6.96. The van der Waals surface area contributed by atoms with Crippen molar-refractivity contribution in [1.82, 2.24) is 15.1 Å². The zero-order valence-corrected chi connectivity index (χ0v) is 11.8. The Kier molecular flexibility index (Phi) is 3.70. The zero-order valence-electron chi connectivity index (χ0n) is 11.8. The van der Waals surface area contributed by atoms with Gasteiger partial charge in [-0.2, -0.15) is 0 Å². The minimum Gasteiger partial charge on any atom is -0.481 e. The Morgan fingerprint density at radius 1 is 1.48 bits per heavy atom. The Morgan fingerprint density at radius 2 is 2.33 bits per heavy atom. The fourth-order valence-corrected chi connectivity index (χ4v) is 2.58. The van der Waals surface area contributed by atoms with Gasteiger partial charge in [-0.15, -0.1) is 10.2 Å². The Morgan fingerprint density at radius 3 is 3.05 bits per heavy atom. The van der Waals surface area contributed by atoms with E-state index in [1.807, 2.05) is 36.1 Å². The first-order valence-electron chi connectivity index (χ1n) is 6.96. The van der Waals surface area contributed by atoms with Crippen LogP contribution in [0.3, 0.4) is 0 Å². The Labute approximate surface area is 122 Å². The zero-order chi connectivity index (χ0) is 14.8. The number of rotatable bonds is 4. The van der Waals surface area contributed by atoms with Gasteiger partial charge in [0, 0.05) is 12.1 Å². The van der Waals surface area contributed by atoms with Gasteiger partial charge in [-0.3, -0.25) is 9.69 Å². The third-order valence-electron chi connectivity index (χ3n) is 3.71. The molecule has 0 bridgehead atoms. The van der Waals surface area contributed by atoms with Crippen molar-refractivity contribution in [2.75, 3.05) is 13.1 Å². The number of carboxylic acids is 1. The second-order valence-corrected chi connectivity index (χ2v) is 5.43. The number of nitrogens with zero attached hydrogens (tertiary/aromatic N) is 3. The Hall–Kier alpha value is -2.21.